The molecule has 1 aliphatic heterocycles. The molecule has 1 aromatic heterocycles. The molecule has 0 N–H and O–H groups in total. The van der Waals surface area contributed by atoms with E-state index in [1.165, 1.54) is 4.90 Å². The second kappa shape index (κ2) is 7.17. The van der Waals surface area contributed by atoms with E-state index >= 15 is 0 Å². The van der Waals surface area contributed by atoms with E-state index < -0.39 is 0 Å². The summed E-state index contributed by atoms with van der Waals surface area (Å²) in [5.41, 5.74) is 4.27. The molecule has 0 radical (unpaired) electrons. The minimum atomic E-state index is -0.376. The van der Waals surface area contributed by atoms with Gasteiger partial charge in [-0.25, -0.2) is 0 Å². The van der Waals surface area contributed by atoms with Crippen molar-refractivity contribution in [1.82, 2.24) is 9.88 Å². The van der Waals surface area contributed by atoms with Crippen molar-refractivity contribution in [3.05, 3.63) is 76.5 Å². The highest BCUT2D eigenvalue weighted by atomic mass is 16.5. The number of carbonyl (C=O) groups excluding carboxylic acids is 2. The van der Waals surface area contributed by atoms with Gasteiger partial charge in [0.15, 0.2) is 0 Å². The lowest BCUT2D eigenvalue weighted by Gasteiger charge is -2.25. The van der Waals surface area contributed by atoms with Crippen LogP contribution in [-0.4, -0.2) is 41.5 Å². The zero-order chi connectivity index (χ0) is 19.8. The highest BCUT2D eigenvalue weighted by Gasteiger charge is 2.42. The summed E-state index contributed by atoms with van der Waals surface area (Å²) in [7, 11) is 1.59. The van der Waals surface area contributed by atoms with Gasteiger partial charge >= 0.3 is 0 Å². The number of nitrogens with zero attached hydrogens (tertiary/aromatic N) is 2. The number of methoxy groups -OCH3 is 1. The summed E-state index contributed by atoms with van der Waals surface area (Å²) in [6.45, 7) is 4.03. The molecule has 5 nitrogen and oxygen atoms in total. The molecule has 1 atom stereocenters. The largest absolute Gasteiger partial charge is 0.383 e. The summed E-state index contributed by atoms with van der Waals surface area (Å²) in [4.78, 5) is 32.6. The number of hydrogen-bond donors (Lipinski definition) is 0. The van der Waals surface area contributed by atoms with Crippen molar-refractivity contribution in [2.24, 2.45) is 0 Å². The predicted octanol–water partition coefficient (Wildman–Crippen LogP) is 3.71. The first kappa shape index (κ1) is 18.3. The molecule has 4 rings (SSSR count). The van der Waals surface area contributed by atoms with Gasteiger partial charge in [-0.1, -0.05) is 42.0 Å². The van der Waals surface area contributed by atoms with Crippen LogP contribution < -0.4 is 0 Å². The molecule has 1 unspecified atom stereocenters. The minimum Gasteiger partial charge on any atom is -0.383 e. The van der Waals surface area contributed by atoms with Crippen molar-refractivity contribution in [2.75, 3.05) is 13.7 Å². The van der Waals surface area contributed by atoms with E-state index in [4.69, 9.17) is 4.74 Å². The van der Waals surface area contributed by atoms with Gasteiger partial charge in [-0.05, 0) is 38.0 Å². The monoisotopic (exact) mass is 374 g/mol. The Morgan fingerprint density at radius 3 is 2.43 bits per heavy atom. The Bertz CT molecular complexity index is 1080. The van der Waals surface area contributed by atoms with E-state index in [-0.39, 0.29) is 24.5 Å². The van der Waals surface area contributed by atoms with E-state index in [0.29, 0.717) is 23.2 Å². The van der Waals surface area contributed by atoms with Gasteiger partial charge < -0.3 is 4.74 Å². The molecule has 0 aliphatic carbocycles. The number of aromatic nitrogens is 1. The number of carbonyl (C=O) groups is 2. The van der Waals surface area contributed by atoms with Crippen molar-refractivity contribution in [1.29, 1.82) is 0 Å². The normalized spacial score (nSPS) is 14.6. The van der Waals surface area contributed by atoms with Gasteiger partial charge in [-0.2, -0.15) is 0 Å². The molecule has 2 heterocycles. The number of hydrogen-bond acceptors (Lipinski definition) is 4. The Morgan fingerprint density at radius 2 is 1.71 bits per heavy atom. The molecular formula is C23H22N2O3. The van der Waals surface area contributed by atoms with Crippen LogP contribution in [0.4, 0.5) is 0 Å². The number of amides is 2. The van der Waals surface area contributed by atoms with E-state index in [2.05, 4.69) is 4.98 Å². The molecule has 1 aliphatic rings. The van der Waals surface area contributed by atoms with Crippen molar-refractivity contribution >= 4 is 22.7 Å². The number of rotatable bonds is 5. The number of aryl methyl sites for hydroxylation is 2. The van der Waals surface area contributed by atoms with Gasteiger partial charge in [0.1, 0.15) is 0 Å². The van der Waals surface area contributed by atoms with Crippen LogP contribution in [0.2, 0.25) is 0 Å². The van der Waals surface area contributed by atoms with Crippen LogP contribution >= 0.6 is 0 Å². The number of fused-ring (bicyclic) bond motifs is 3. The number of pyridine rings is 1. The maximum atomic E-state index is 13.4. The fraction of sp³-hybridized carbons (Fsp3) is 0.261. The predicted molar refractivity (Wildman–Crippen MR) is 108 cm³/mol. The van der Waals surface area contributed by atoms with Crippen LogP contribution in [0.25, 0.3) is 10.9 Å². The first-order chi connectivity index (χ1) is 13.5. The fourth-order valence-electron chi connectivity index (χ4n) is 3.95. The summed E-state index contributed by atoms with van der Waals surface area (Å²) in [6.07, 6.45) is 0.545. The second-order valence-corrected chi connectivity index (χ2v) is 7.25. The lowest BCUT2D eigenvalue weighted by atomic mass is 10.0. The third kappa shape index (κ3) is 2.98. The van der Waals surface area contributed by atoms with Crippen LogP contribution in [0.1, 0.15) is 37.5 Å². The van der Waals surface area contributed by atoms with Gasteiger partial charge in [-0.15, -0.1) is 0 Å². The van der Waals surface area contributed by atoms with Crippen LogP contribution in [-0.2, 0) is 11.2 Å². The summed E-state index contributed by atoms with van der Waals surface area (Å²) in [6, 6.07) is 15.2. The Morgan fingerprint density at radius 1 is 1.00 bits per heavy atom. The van der Waals surface area contributed by atoms with Gasteiger partial charge in [0.05, 0.1) is 35.0 Å². The van der Waals surface area contributed by atoms with Crippen molar-refractivity contribution in [3.8, 4) is 0 Å². The Hall–Kier alpha value is -3.05. The lowest BCUT2D eigenvalue weighted by molar-refractivity contribution is 0.0472. The number of benzene rings is 2. The summed E-state index contributed by atoms with van der Waals surface area (Å²) < 4.78 is 5.36. The maximum absolute atomic E-state index is 13.4. The molecule has 2 amide bonds. The average Bonchev–Trinajstić information content (AvgIpc) is 2.94. The van der Waals surface area contributed by atoms with Crippen LogP contribution in [0, 0.1) is 13.8 Å². The third-order valence-corrected chi connectivity index (χ3v) is 5.23. The van der Waals surface area contributed by atoms with Crippen LogP contribution in [0.3, 0.4) is 0 Å². The minimum absolute atomic E-state index is 0.265. The van der Waals surface area contributed by atoms with E-state index in [1.54, 1.807) is 14.0 Å². The Kier molecular flexibility index (Phi) is 4.69. The van der Waals surface area contributed by atoms with Crippen LogP contribution in [0.15, 0.2) is 48.5 Å². The number of imide groups is 1. The third-order valence-electron chi connectivity index (χ3n) is 5.23. The molecule has 0 saturated heterocycles. The van der Waals surface area contributed by atoms with E-state index in [1.807, 2.05) is 55.5 Å². The van der Waals surface area contributed by atoms with E-state index in [0.717, 1.165) is 22.0 Å². The maximum Gasteiger partial charge on any atom is 0.263 e. The van der Waals surface area contributed by atoms with Gasteiger partial charge in [0.25, 0.3) is 11.8 Å². The van der Waals surface area contributed by atoms with Gasteiger partial charge in [0, 0.05) is 12.5 Å². The molecular weight excluding hydrogens is 352 g/mol. The summed E-state index contributed by atoms with van der Waals surface area (Å²) in [5.74, 6) is -0.550. The van der Waals surface area contributed by atoms with Crippen molar-refractivity contribution < 1.29 is 14.3 Å². The molecule has 28 heavy (non-hydrogen) atoms. The molecule has 3 aromatic rings. The first-order valence-electron chi connectivity index (χ1n) is 9.33. The Balaban J connectivity index is 1.81. The van der Waals surface area contributed by atoms with Gasteiger partial charge in [0.2, 0.25) is 0 Å². The fourth-order valence-corrected chi connectivity index (χ4v) is 3.95. The zero-order valence-electron chi connectivity index (χ0n) is 16.2. The Labute approximate surface area is 163 Å². The molecule has 0 fully saturated rings. The molecule has 5 heteroatoms. The summed E-state index contributed by atoms with van der Waals surface area (Å²) in [5, 5.41) is 0.734. The second-order valence-electron chi connectivity index (χ2n) is 7.25. The molecule has 0 saturated carbocycles. The smallest absolute Gasteiger partial charge is 0.263 e. The SMILES string of the molecule is COCC(Cc1ccccc1)N1C(=O)c2c(C)nc3ccc(C)cc3c2C1=O. The van der Waals surface area contributed by atoms with Gasteiger partial charge in [-0.3, -0.25) is 19.5 Å². The lowest BCUT2D eigenvalue weighted by Crippen LogP contribution is -2.44. The summed E-state index contributed by atoms with van der Waals surface area (Å²) >= 11 is 0. The first-order valence-corrected chi connectivity index (χ1v) is 9.33. The molecule has 0 bridgehead atoms. The number of ether oxygens (including phenoxy) is 1. The van der Waals surface area contributed by atoms with Crippen molar-refractivity contribution in [3.63, 3.8) is 0 Å². The quantitative estimate of drug-likeness (QED) is 0.639. The standard InChI is InChI=1S/C23H22N2O3/c1-14-9-10-19-18(11-14)21-20(15(2)24-19)22(26)25(23(21)27)17(13-28-3)12-16-7-5-4-6-8-16/h4-11,17H,12-13H2,1-3H3. The highest BCUT2D eigenvalue weighted by molar-refractivity contribution is 6.26. The average molecular weight is 374 g/mol. The van der Waals surface area contributed by atoms with E-state index in [9.17, 15) is 9.59 Å². The molecule has 142 valence electrons. The topological polar surface area (TPSA) is 59.5 Å². The van der Waals surface area contributed by atoms with Crippen LogP contribution in [0.5, 0.6) is 0 Å². The molecule has 2 aromatic carbocycles. The van der Waals surface area contributed by atoms with Crippen molar-refractivity contribution in [2.45, 2.75) is 26.3 Å². The highest BCUT2D eigenvalue weighted by Crippen LogP contribution is 2.33. The zero-order valence-corrected chi connectivity index (χ0v) is 16.2. The molecule has 0 spiro atoms.